The summed E-state index contributed by atoms with van der Waals surface area (Å²) in [6.45, 7) is 0. The summed E-state index contributed by atoms with van der Waals surface area (Å²) in [6, 6.07) is 0. The molecule has 2 rings (SSSR count). The Kier molecular flexibility index (Phi) is 3.81. The Bertz CT molecular complexity index is 245. The van der Waals surface area contributed by atoms with Crippen molar-refractivity contribution in [2.24, 2.45) is 0 Å². The van der Waals surface area contributed by atoms with Crippen molar-refractivity contribution in [2.75, 3.05) is 0 Å². The maximum absolute atomic E-state index is 5.65. The van der Waals surface area contributed by atoms with Crippen LogP contribution in [0, 0.1) is 0 Å². The zero-order valence-electron chi connectivity index (χ0n) is 6.62. The normalized spacial score (nSPS) is 16.8. The van der Waals surface area contributed by atoms with Crippen LogP contribution in [-0.4, -0.2) is 4.98 Å². The zero-order chi connectivity index (χ0) is 7.68. The predicted octanol–water partition coefficient (Wildman–Crippen LogP) is 3.57. The van der Waals surface area contributed by atoms with Crippen molar-refractivity contribution in [3.63, 3.8) is 0 Å². The van der Waals surface area contributed by atoms with E-state index >= 15 is 0 Å². The third kappa shape index (κ3) is 1.93. The smallest absolute Gasteiger partial charge is 0.0959 e. The number of aromatic nitrogens is 1. The van der Waals surface area contributed by atoms with Crippen molar-refractivity contribution < 1.29 is 0 Å². The molecule has 12 heavy (non-hydrogen) atoms. The summed E-state index contributed by atoms with van der Waals surface area (Å²) >= 11 is 7.41. The van der Waals surface area contributed by atoms with Crippen LogP contribution in [0.25, 0.3) is 0 Å². The molecule has 0 saturated heterocycles. The number of hydrogen-bond donors (Lipinski definition) is 0. The molecule has 1 heterocycles. The highest BCUT2D eigenvalue weighted by Crippen LogP contribution is 2.37. The first-order valence-electron chi connectivity index (χ1n) is 3.90. The van der Waals surface area contributed by atoms with Gasteiger partial charge in [-0.15, -0.1) is 35.3 Å². The summed E-state index contributed by atoms with van der Waals surface area (Å²) in [5.74, 6) is 1.32. The fraction of sp³-hybridized carbons (Fsp3) is 0.625. The Balaban J connectivity index is 0.000000720. The lowest BCUT2D eigenvalue weighted by atomic mass is 9.86. The van der Waals surface area contributed by atoms with Crippen LogP contribution in [0.1, 0.15) is 35.9 Å². The molecule has 1 nitrogen and oxygen atoms in total. The number of nitrogens with zero attached hydrogens (tertiary/aromatic N) is 1. The zero-order valence-corrected chi connectivity index (χ0v) is 9.01. The van der Waals surface area contributed by atoms with Crippen LogP contribution < -0.4 is 0 Å². The molecule has 0 spiro atoms. The lowest BCUT2D eigenvalue weighted by molar-refractivity contribution is 0.418. The lowest BCUT2D eigenvalue weighted by Gasteiger charge is -2.22. The van der Waals surface area contributed by atoms with E-state index in [4.69, 9.17) is 11.6 Å². The van der Waals surface area contributed by atoms with Crippen LogP contribution >= 0.6 is 35.3 Å². The lowest BCUT2D eigenvalue weighted by Crippen LogP contribution is -2.08. The third-order valence-electron chi connectivity index (χ3n) is 2.16. The number of halogens is 2. The van der Waals surface area contributed by atoms with Crippen LogP contribution in [0.15, 0.2) is 5.38 Å². The molecule has 0 aliphatic heterocycles. The van der Waals surface area contributed by atoms with E-state index in [0.29, 0.717) is 5.88 Å². The van der Waals surface area contributed by atoms with Gasteiger partial charge in [0.1, 0.15) is 0 Å². The van der Waals surface area contributed by atoms with E-state index in [9.17, 15) is 0 Å². The van der Waals surface area contributed by atoms with E-state index < -0.39 is 0 Å². The second-order valence-corrected chi connectivity index (χ2v) is 4.10. The quantitative estimate of drug-likeness (QED) is 0.700. The van der Waals surface area contributed by atoms with Gasteiger partial charge in [0.15, 0.2) is 0 Å². The summed E-state index contributed by atoms with van der Waals surface area (Å²) in [6.07, 6.45) is 4.03. The molecule has 0 radical (unpaired) electrons. The van der Waals surface area contributed by atoms with Crippen molar-refractivity contribution in [3.05, 3.63) is 16.1 Å². The highest BCUT2D eigenvalue weighted by Gasteiger charge is 2.22. The monoisotopic (exact) mass is 223 g/mol. The molecular formula is C8H11Cl2NS. The van der Waals surface area contributed by atoms with E-state index in [0.717, 1.165) is 11.6 Å². The second-order valence-electron chi connectivity index (χ2n) is 2.94. The molecule has 0 atom stereocenters. The van der Waals surface area contributed by atoms with E-state index in [1.54, 1.807) is 11.3 Å². The van der Waals surface area contributed by atoms with Gasteiger partial charge in [0.05, 0.1) is 16.6 Å². The minimum absolute atomic E-state index is 0. The van der Waals surface area contributed by atoms with Gasteiger partial charge < -0.3 is 0 Å². The van der Waals surface area contributed by atoms with E-state index in [-0.39, 0.29) is 12.4 Å². The van der Waals surface area contributed by atoms with Crippen molar-refractivity contribution in [1.82, 2.24) is 4.98 Å². The van der Waals surface area contributed by atoms with Crippen molar-refractivity contribution in [1.29, 1.82) is 0 Å². The predicted molar refractivity (Wildman–Crippen MR) is 55.5 cm³/mol. The molecule has 1 aliphatic carbocycles. The van der Waals surface area contributed by atoms with E-state index in [1.165, 1.54) is 24.3 Å². The molecule has 0 aromatic carbocycles. The average Bonchev–Trinajstić information content (AvgIpc) is 2.32. The summed E-state index contributed by atoms with van der Waals surface area (Å²) in [7, 11) is 0. The highest BCUT2D eigenvalue weighted by atomic mass is 35.5. The van der Waals surface area contributed by atoms with Gasteiger partial charge in [-0.3, -0.25) is 0 Å². The summed E-state index contributed by atoms with van der Waals surface area (Å²) in [4.78, 5) is 4.44. The third-order valence-corrected chi connectivity index (χ3v) is 3.49. The molecular weight excluding hydrogens is 213 g/mol. The van der Waals surface area contributed by atoms with Crippen molar-refractivity contribution in [3.8, 4) is 0 Å². The SMILES string of the molecule is Cl.ClCc1csc(C2CCC2)n1. The maximum atomic E-state index is 5.65. The molecule has 1 saturated carbocycles. The molecule has 0 bridgehead atoms. The fourth-order valence-electron chi connectivity index (χ4n) is 1.23. The van der Waals surface area contributed by atoms with Gasteiger partial charge in [-0.1, -0.05) is 6.42 Å². The fourth-order valence-corrected chi connectivity index (χ4v) is 2.45. The van der Waals surface area contributed by atoms with Gasteiger partial charge in [-0.2, -0.15) is 0 Å². The van der Waals surface area contributed by atoms with Crippen molar-refractivity contribution in [2.45, 2.75) is 31.1 Å². The van der Waals surface area contributed by atoms with Crippen molar-refractivity contribution >= 4 is 35.3 Å². The van der Waals surface area contributed by atoms with Gasteiger partial charge >= 0.3 is 0 Å². The standard InChI is InChI=1S/C8H10ClNS.ClH/c9-4-7-5-11-8(10-7)6-2-1-3-6;/h5-6H,1-4H2;1H. The largest absolute Gasteiger partial charge is 0.245 e. The number of thiazole rings is 1. The van der Waals surface area contributed by atoms with Crippen LogP contribution in [0.5, 0.6) is 0 Å². The topological polar surface area (TPSA) is 12.9 Å². The van der Waals surface area contributed by atoms with Crippen LogP contribution in [0.2, 0.25) is 0 Å². The Morgan fingerprint density at radius 2 is 2.33 bits per heavy atom. The molecule has 4 heteroatoms. The Labute approximate surface area is 87.6 Å². The molecule has 1 fully saturated rings. The maximum Gasteiger partial charge on any atom is 0.0959 e. The van der Waals surface area contributed by atoms with E-state index in [2.05, 4.69) is 10.4 Å². The molecule has 1 aromatic heterocycles. The second kappa shape index (κ2) is 4.45. The van der Waals surface area contributed by atoms with Gasteiger partial charge in [-0.25, -0.2) is 4.98 Å². The van der Waals surface area contributed by atoms with Gasteiger partial charge in [0.25, 0.3) is 0 Å². The molecule has 0 amide bonds. The molecule has 0 unspecified atom stereocenters. The summed E-state index contributed by atoms with van der Waals surface area (Å²) in [5.41, 5.74) is 1.04. The molecule has 68 valence electrons. The minimum Gasteiger partial charge on any atom is -0.245 e. The number of hydrogen-bond acceptors (Lipinski definition) is 2. The van der Waals surface area contributed by atoms with Gasteiger partial charge in [-0.05, 0) is 12.8 Å². The first-order valence-corrected chi connectivity index (χ1v) is 5.32. The first kappa shape index (κ1) is 10.3. The van der Waals surface area contributed by atoms with Crippen LogP contribution in [-0.2, 0) is 5.88 Å². The number of rotatable bonds is 2. The minimum atomic E-state index is 0. The average molecular weight is 224 g/mol. The molecule has 1 aromatic rings. The first-order chi connectivity index (χ1) is 5.40. The summed E-state index contributed by atoms with van der Waals surface area (Å²) < 4.78 is 0. The van der Waals surface area contributed by atoms with E-state index in [1.807, 2.05) is 0 Å². The van der Waals surface area contributed by atoms with Crippen LogP contribution in [0.3, 0.4) is 0 Å². The molecule has 0 N–H and O–H groups in total. The number of alkyl halides is 1. The highest BCUT2D eigenvalue weighted by molar-refractivity contribution is 7.09. The Hall–Kier alpha value is 0.210. The van der Waals surface area contributed by atoms with Gasteiger partial charge in [0, 0.05) is 11.3 Å². The molecule has 1 aliphatic rings. The van der Waals surface area contributed by atoms with Gasteiger partial charge in [0.2, 0.25) is 0 Å². The van der Waals surface area contributed by atoms with Crippen LogP contribution in [0.4, 0.5) is 0 Å². The summed E-state index contributed by atoms with van der Waals surface area (Å²) in [5, 5.41) is 3.37. The Morgan fingerprint density at radius 3 is 2.75 bits per heavy atom. The Morgan fingerprint density at radius 1 is 1.58 bits per heavy atom.